The van der Waals surface area contributed by atoms with E-state index in [9.17, 15) is 36.2 Å². The van der Waals surface area contributed by atoms with Gasteiger partial charge in [-0.05, 0) is 29.6 Å². The second kappa shape index (κ2) is 7.69. The highest BCUT2D eigenvalue weighted by atomic mass is 35.5. The normalized spacial score (nSPS) is 13.7. The molecular formula is C15H7ClF6N2O2S. The Hall–Kier alpha value is -2.40. The number of hydrogen-bond acceptors (Lipinski definition) is 5. The molecule has 1 aromatic heterocycles. The van der Waals surface area contributed by atoms with Crippen LogP contribution in [-0.2, 0) is 11.0 Å². The van der Waals surface area contributed by atoms with Crippen LogP contribution >= 0.6 is 22.9 Å². The molecule has 0 unspecified atom stereocenters. The van der Waals surface area contributed by atoms with Gasteiger partial charge < -0.3 is 5.11 Å². The molecule has 1 N–H and O–H groups in total. The molecule has 2 rings (SSSR count). The van der Waals surface area contributed by atoms with E-state index in [1.807, 2.05) is 0 Å². The largest absolute Gasteiger partial charge is 0.504 e. The van der Waals surface area contributed by atoms with Crippen molar-refractivity contribution >= 4 is 40.2 Å². The summed E-state index contributed by atoms with van der Waals surface area (Å²) in [5.41, 5.74) is -3.27. The van der Waals surface area contributed by atoms with Crippen LogP contribution in [0, 0.1) is 0 Å². The Kier molecular flexibility index (Phi) is 5.95. The van der Waals surface area contributed by atoms with Crippen molar-refractivity contribution < 1.29 is 36.2 Å². The molecule has 27 heavy (non-hydrogen) atoms. The van der Waals surface area contributed by atoms with Gasteiger partial charge in [0.15, 0.2) is 11.5 Å². The maximum atomic E-state index is 12.8. The number of hydrogen-bond donors (Lipinski definition) is 1. The van der Waals surface area contributed by atoms with Gasteiger partial charge in [-0.1, -0.05) is 17.7 Å². The Morgan fingerprint density at radius 2 is 1.78 bits per heavy atom. The van der Waals surface area contributed by atoms with E-state index < -0.39 is 40.8 Å². The number of benzene rings is 1. The summed E-state index contributed by atoms with van der Waals surface area (Å²) in [6.45, 7) is 0. The van der Waals surface area contributed by atoms with Crippen LogP contribution in [0.2, 0.25) is 5.02 Å². The van der Waals surface area contributed by atoms with Crippen molar-refractivity contribution in [2.45, 2.75) is 12.4 Å². The molecule has 0 saturated carbocycles. The van der Waals surface area contributed by atoms with Crippen LogP contribution < -0.4 is 0 Å². The van der Waals surface area contributed by atoms with Crippen molar-refractivity contribution in [3.8, 4) is 0 Å². The van der Waals surface area contributed by atoms with Crippen LogP contribution in [0.15, 0.2) is 51.6 Å². The third-order valence-corrected chi connectivity index (χ3v) is 4.18. The molecule has 0 atom stereocenters. The topological polar surface area (TPSA) is 62.0 Å². The number of rotatable bonds is 4. The summed E-state index contributed by atoms with van der Waals surface area (Å²) in [6.07, 6.45) is -10.1. The van der Waals surface area contributed by atoms with Gasteiger partial charge in [0, 0.05) is 0 Å². The highest BCUT2D eigenvalue weighted by Crippen LogP contribution is 2.36. The molecule has 2 aromatic rings. The molecule has 0 spiro atoms. The first-order valence-corrected chi connectivity index (χ1v) is 8.04. The quantitative estimate of drug-likeness (QED) is 0.259. The number of carbonyl (C=O) groups is 1. The van der Waals surface area contributed by atoms with E-state index in [0.29, 0.717) is 12.1 Å². The number of alkyl halides is 6. The van der Waals surface area contributed by atoms with Gasteiger partial charge in [0.05, 0.1) is 15.5 Å². The third kappa shape index (κ3) is 5.07. The highest BCUT2D eigenvalue weighted by molar-refractivity contribution is 7.11. The van der Waals surface area contributed by atoms with Gasteiger partial charge in [-0.2, -0.15) is 26.3 Å². The maximum absolute atomic E-state index is 12.8. The molecule has 4 nitrogen and oxygen atoms in total. The lowest BCUT2D eigenvalue weighted by Gasteiger charge is -2.08. The minimum absolute atomic E-state index is 0.114. The van der Waals surface area contributed by atoms with Crippen molar-refractivity contribution in [2.75, 3.05) is 0 Å². The summed E-state index contributed by atoms with van der Waals surface area (Å²) in [6, 6.07) is 4.53. The molecular weight excluding hydrogens is 422 g/mol. The minimum Gasteiger partial charge on any atom is -0.504 e. The first-order valence-electron chi connectivity index (χ1n) is 6.78. The van der Waals surface area contributed by atoms with E-state index in [4.69, 9.17) is 11.6 Å². The molecule has 1 aromatic carbocycles. The number of thiophene rings is 1. The summed E-state index contributed by atoms with van der Waals surface area (Å²) >= 11 is 6.49. The summed E-state index contributed by atoms with van der Waals surface area (Å²) in [7, 11) is 0. The van der Waals surface area contributed by atoms with Crippen LogP contribution in [0.25, 0.3) is 5.76 Å². The monoisotopic (exact) mass is 428 g/mol. The van der Waals surface area contributed by atoms with Gasteiger partial charge in [-0.25, -0.2) is 0 Å². The van der Waals surface area contributed by atoms with Crippen molar-refractivity contribution in [3.63, 3.8) is 0 Å². The Bertz CT molecular complexity index is 904. The first kappa shape index (κ1) is 20.9. The number of carbonyl (C=O) groups excluding carboxylic acids is 1. The fraction of sp³-hybridized carbons (Fsp3) is 0.133. The zero-order valence-electron chi connectivity index (χ0n) is 12.8. The molecule has 0 amide bonds. The van der Waals surface area contributed by atoms with Crippen molar-refractivity contribution in [1.82, 2.24) is 0 Å². The number of Topliss-reactive ketones (excluding diaryl/α,β-unsaturated/α-hetero) is 1. The minimum atomic E-state index is -5.39. The highest BCUT2D eigenvalue weighted by Gasteiger charge is 2.43. The van der Waals surface area contributed by atoms with Crippen LogP contribution in [0.3, 0.4) is 0 Å². The van der Waals surface area contributed by atoms with Gasteiger partial charge in [0.2, 0.25) is 0 Å². The third-order valence-electron chi connectivity index (χ3n) is 2.98. The van der Waals surface area contributed by atoms with Gasteiger partial charge >= 0.3 is 12.4 Å². The van der Waals surface area contributed by atoms with Crippen LogP contribution in [0.5, 0.6) is 0 Å². The van der Waals surface area contributed by atoms with Gasteiger partial charge in [-0.15, -0.1) is 21.6 Å². The Labute approximate surface area is 156 Å². The van der Waals surface area contributed by atoms with E-state index in [-0.39, 0.29) is 9.90 Å². The Balaban J connectivity index is 2.54. The van der Waals surface area contributed by atoms with E-state index in [1.165, 1.54) is 17.5 Å². The number of halogens is 7. The van der Waals surface area contributed by atoms with E-state index in [0.717, 1.165) is 17.4 Å². The number of aliphatic hydroxyl groups is 1. The lowest BCUT2D eigenvalue weighted by Crippen LogP contribution is -2.24. The smallest absolute Gasteiger partial charge is 0.456 e. The summed E-state index contributed by atoms with van der Waals surface area (Å²) < 4.78 is 76.5. The summed E-state index contributed by atoms with van der Waals surface area (Å²) in [5, 5.41) is 17.3. The zero-order chi connectivity index (χ0) is 20.4. The standard InChI is InChI=1S/C15H7ClF6N2O2S/c16-8-4-3-7(14(17,18)19)6-9(8)23-24-11(13(26)15(20,21)22)12(25)10-2-1-5-27-10/h1-6,25H/b12-11-,24-23?. The SMILES string of the molecule is O=C(/C(N=Nc1cc(C(F)(F)F)ccc1Cl)=C(/O)c1cccs1)C(F)(F)F. The van der Waals surface area contributed by atoms with Gasteiger partial charge in [0.25, 0.3) is 5.78 Å². The van der Waals surface area contributed by atoms with Crippen LogP contribution in [-0.4, -0.2) is 17.1 Å². The fourth-order valence-corrected chi connectivity index (χ4v) is 2.56. The Morgan fingerprint density at radius 3 is 2.30 bits per heavy atom. The average molecular weight is 429 g/mol. The number of ketones is 1. The molecule has 12 heteroatoms. The number of allylic oxidation sites excluding steroid dienone is 1. The molecule has 0 radical (unpaired) electrons. The molecule has 1 heterocycles. The average Bonchev–Trinajstić information content (AvgIpc) is 3.08. The predicted molar refractivity (Wildman–Crippen MR) is 85.9 cm³/mol. The molecule has 0 fully saturated rings. The molecule has 0 saturated heterocycles. The van der Waals surface area contributed by atoms with Crippen molar-refractivity contribution in [2.24, 2.45) is 10.2 Å². The van der Waals surface area contributed by atoms with Crippen LogP contribution in [0.4, 0.5) is 32.0 Å². The molecule has 0 aliphatic heterocycles. The number of azo groups is 1. The molecule has 144 valence electrons. The summed E-state index contributed by atoms with van der Waals surface area (Å²) in [5.74, 6) is -3.63. The second-order valence-electron chi connectivity index (χ2n) is 4.87. The fourth-order valence-electron chi connectivity index (χ4n) is 1.73. The molecule has 0 aliphatic carbocycles. The first-order chi connectivity index (χ1) is 12.4. The Morgan fingerprint density at radius 1 is 1.11 bits per heavy atom. The van der Waals surface area contributed by atoms with E-state index >= 15 is 0 Å². The van der Waals surface area contributed by atoms with Gasteiger partial charge in [-0.3, -0.25) is 4.79 Å². The molecule has 0 bridgehead atoms. The maximum Gasteiger partial charge on any atom is 0.456 e. The predicted octanol–water partition coefficient (Wildman–Crippen LogP) is 6.56. The van der Waals surface area contributed by atoms with Gasteiger partial charge in [0.1, 0.15) is 5.69 Å². The lowest BCUT2D eigenvalue weighted by molar-refractivity contribution is -0.166. The van der Waals surface area contributed by atoms with E-state index in [1.54, 1.807) is 0 Å². The number of nitrogens with zero attached hydrogens (tertiary/aromatic N) is 2. The van der Waals surface area contributed by atoms with Crippen molar-refractivity contribution in [1.29, 1.82) is 0 Å². The van der Waals surface area contributed by atoms with Crippen LogP contribution in [0.1, 0.15) is 10.4 Å². The zero-order valence-corrected chi connectivity index (χ0v) is 14.3. The van der Waals surface area contributed by atoms with E-state index in [2.05, 4.69) is 10.2 Å². The summed E-state index contributed by atoms with van der Waals surface area (Å²) in [4.78, 5) is 11.4. The lowest BCUT2D eigenvalue weighted by atomic mass is 10.2. The molecule has 0 aliphatic rings. The second-order valence-corrected chi connectivity index (χ2v) is 6.22. The van der Waals surface area contributed by atoms with Crippen molar-refractivity contribution in [3.05, 3.63) is 56.9 Å². The number of aliphatic hydroxyl groups excluding tert-OH is 1.